The van der Waals surface area contributed by atoms with Gasteiger partial charge in [-0.15, -0.1) is 0 Å². The molecule has 0 heterocycles. The van der Waals surface area contributed by atoms with Gasteiger partial charge >= 0.3 is 6.18 Å². The van der Waals surface area contributed by atoms with Gasteiger partial charge in [0.25, 0.3) is 0 Å². The first-order chi connectivity index (χ1) is 9.34. The molecule has 0 saturated heterocycles. The van der Waals surface area contributed by atoms with Crippen molar-refractivity contribution >= 4 is 17.3 Å². The molecule has 0 saturated carbocycles. The second-order valence-corrected chi connectivity index (χ2v) is 5.01. The van der Waals surface area contributed by atoms with Crippen LogP contribution in [0.4, 0.5) is 18.9 Å². The van der Waals surface area contributed by atoms with Crippen LogP contribution in [0.15, 0.2) is 42.5 Å². The van der Waals surface area contributed by atoms with Gasteiger partial charge in [0, 0.05) is 17.3 Å². The fraction of sp³-hybridized carbons (Fsp3) is 0.200. The summed E-state index contributed by atoms with van der Waals surface area (Å²) in [5, 5.41) is 3.02. The Morgan fingerprint density at radius 2 is 1.85 bits per heavy atom. The second-order valence-electron chi connectivity index (χ2n) is 4.57. The highest BCUT2D eigenvalue weighted by Gasteiger charge is 2.31. The van der Waals surface area contributed by atoms with Gasteiger partial charge in [-0.1, -0.05) is 41.4 Å². The smallest absolute Gasteiger partial charge is 0.381 e. The predicted molar refractivity (Wildman–Crippen MR) is 75.0 cm³/mol. The van der Waals surface area contributed by atoms with E-state index < -0.39 is 11.7 Å². The van der Waals surface area contributed by atoms with Crippen LogP contribution in [0.3, 0.4) is 0 Å². The molecule has 0 unspecified atom stereocenters. The van der Waals surface area contributed by atoms with Crippen LogP contribution in [0, 0.1) is 6.92 Å². The Morgan fingerprint density at radius 3 is 2.50 bits per heavy atom. The average Bonchev–Trinajstić information content (AvgIpc) is 2.35. The fourth-order valence-electron chi connectivity index (χ4n) is 1.88. The highest BCUT2D eigenvalue weighted by atomic mass is 35.5. The lowest BCUT2D eigenvalue weighted by Gasteiger charge is -2.12. The summed E-state index contributed by atoms with van der Waals surface area (Å²) in [7, 11) is 0. The molecule has 0 bridgehead atoms. The number of anilines is 1. The Bertz CT molecular complexity index is 608. The zero-order chi connectivity index (χ0) is 14.8. The van der Waals surface area contributed by atoms with Crippen LogP contribution in [-0.4, -0.2) is 0 Å². The maximum atomic E-state index is 12.7. The molecular formula is C15H13ClF3N. The average molecular weight is 300 g/mol. The summed E-state index contributed by atoms with van der Waals surface area (Å²) in [6, 6.07) is 11.2. The molecule has 2 aromatic rings. The third-order valence-corrected chi connectivity index (χ3v) is 3.02. The molecule has 1 N–H and O–H groups in total. The van der Waals surface area contributed by atoms with Gasteiger partial charge in [0.15, 0.2) is 0 Å². The topological polar surface area (TPSA) is 12.0 Å². The number of nitrogens with one attached hydrogen (secondary N) is 1. The van der Waals surface area contributed by atoms with E-state index >= 15 is 0 Å². The Labute approximate surface area is 120 Å². The first kappa shape index (κ1) is 14.7. The van der Waals surface area contributed by atoms with E-state index in [-0.39, 0.29) is 5.02 Å². The first-order valence-electron chi connectivity index (χ1n) is 6.02. The highest BCUT2D eigenvalue weighted by molar-refractivity contribution is 6.30. The molecule has 0 amide bonds. The fourth-order valence-corrected chi connectivity index (χ4v) is 2.12. The molecule has 2 aromatic carbocycles. The number of aryl methyl sites for hydroxylation is 1. The van der Waals surface area contributed by atoms with Crippen LogP contribution in [0.2, 0.25) is 5.02 Å². The summed E-state index contributed by atoms with van der Waals surface area (Å²) in [5.74, 6) is 0. The summed E-state index contributed by atoms with van der Waals surface area (Å²) < 4.78 is 38.0. The molecule has 0 aliphatic rings. The van der Waals surface area contributed by atoms with Gasteiger partial charge in [-0.05, 0) is 30.7 Å². The molecule has 0 radical (unpaired) electrons. The van der Waals surface area contributed by atoms with Crippen molar-refractivity contribution in [2.45, 2.75) is 19.6 Å². The number of rotatable bonds is 3. The number of alkyl halides is 3. The standard InChI is InChI=1S/C15H13ClF3N/c1-10-3-2-4-11(5-10)9-20-14-7-12(15(17,18)19)6-13(16)8-14/h2-8,20H,9H2,1H3. The van der Waals surface area contributed by atoms with Crippen molar-refractivity contribution in [2.75, 3.05) is 5.32 Å². The van der Waals surface area contributed by atoms with Gasteiger partial charge in [0.2, 0.25) is 0 Å². The van der Waals surface area contributed by atoms with E-state index in [1.807, 2.05) is 31.2 Å². The molecule has 1 nitrogen and oxygen atoms in total. The van der Waals surface area contributed by atoms with E-state index in [0.717, 1.165) is 23.3 Å². The molecule has 0 atom stereocenters. The Balaban J connectivity index is 2.16. The zero-order valence-corrected chi connectivity index (χ0v) is 11.5. The maximum absolute atomic E-state index is 12.7. The van der Waals surface area contributed by atoms with Crippen molar-refractivity contribution in [3.63, 3.8) is 0 Å². The van der Waals surface area contributed by atoms with Crippen LogP contribution in [0.5, 0.6) is 0 Å². The van der Waals surface area contributed by atoms with Gasteiger partial charge in [-0.2, -0.15) is 13.2 Å². The highest BCUT2D eigenvalue weighted by Crippen LogP contribution is 2.33. The largest absolute Gasteiger partial charge is 0.416 e. The molecule has 0 aromatic heterocycles. The first-order valence-corrected chi connectivity index (χ1v) is 6.39. The van der Waals surface area contributed by atoms with Crippen LogP contribution in [-0.2, 0) is 12.7 Å². The van der Waals surface area contributed by atoms with E-state index in [4.69, 9.17) is 11.6 Å². The van der Waals surface area contributed by atoms with Crippen LogP contribution in [0.25, 0.3) is 0 Å². The van der Waals surface area contributed by atoms with Crippen molar-refractivity contribution < 1.29 is 13.2 Å². The Hall–Kier alpha value is -1.68. The van der Waals surface area contributed by atoms with Gasteiger partial charge in [0.1, 0.15) is 0 Å². The quantitative estimate of drug-likeness (QED) is 0.813. The summed E-state index contributed by atoms with van der Waals surface area (Å²) in [5.41, 5.74) is 1.70. The van der Waals surface area contributed by atoms with Gasteiger partial charge in [-0.25, -0.2) is 0 Å². The minimum atomic E-state index is -4.40. The number of benzene rings is 2. The van der Waals surface area contributed by atoms with Crippen LogP contribution < -0.4 is 5.32 Å². The van der Waals surface area contributed by atoms with E-state index in [1.165, 1.54) is 6.07 Å². The molecule has 5 heteroatoms. The van der Waals surface area contributed by atoms with Crippen LogP contribution in [0.1, 0.15) is 16.7 Å². The van der Waals surface area contributed by atoms with Crippen molar-refractivity contribution in [1.29, 1.82) is 0 Å². The number of hydrogen-bond acceptors (Lipinski definition) is 1. The van der Waals surface area contributed by atoms with Gasteiger partial charge in [0.05, 0.1) is 5.56 Å². The summed E-state index contributed by atoms with van der Waals surface area (Å²) in [6.07, 6.45) is -4.40. The minimum Gasteiger partial charge on any atom is -0.381 e. The molecule has 0 spiro atoms. The third kappa shape index (κ3) is 3.90. The van der Waals surface area contributed by atoms with Crippen molar-refractivity contribution in [3.05, 3.63) is 64.2 Å². The van der Waals surface area contributed by atoms with Crippen molar-refractivity contribution in [3.8, 4) is 0 Å². The normalized spacial score (nSPS) is 11.4. The third-order valence-electron chi connectivity index (χ3n) is 2.80. The number of hydrogen-bond donors (Lipinski definition) is 1. The van der Waals surface area contributed by atoms with E-state index in [2.05, 4.69) is 5.32 Å². The maximum Gasteiger partial charge on any atom is 0.416 e. The van der Waals surface area contributed by atoms with E-state index in [0.29, 0.717) is 12.2 Å². The van der Waals surface area contributed by atoms with Gasteiger partial charge in [-0.3, -0.25) is 0 Å². The summed E-state index contributed by atoms with van der Waals surface area (Å²) in [4.78, 5) is 0. The Kier molecular flexibility index (Phi) is 4.23. The lowest BCUT2D eigenvalue weighted by atomic mass is 10.1. The molecule has 0 fully saturated rings. The summed E-state index contributed by atoms with van der Waals surface area (Å²) >= 11 is 5.72. The molecule has 106 valence electrons. The Morgan fingerprint density at radius 1 is 1.10 bits per heavy atom. The zero-order valence-electron chi connectivity index (χ0n) is 10.8. The number of halogens is 4. The minimum absolute atomic E-state index is 0.0616. The van der Waals surface area contributed by atoms with Crippen molar-refractivity contribution in [2.24, 2.45) is 0 Å². The SMILES string of the molecule is Cc1cccc(CNc2cc(Cl)cc(C(F)(F)F)c2)c1. The predicted octanol–water partition coefficient (Wildman–Crippen LogP) is 5.28. The molecule has 2 rings (SSSR count). The lowest BCUT2D eigenvalue weighted by molar-refractivity contribution is -0.137. The van der Waals surface area contributed by atoms with Crippen molar-refractivity contribution in [1.82, 2.24) is 0 Å². The second kappa shape index (κ2) is 5.75. The van der Waals surface area contributed by atoms with Gasteiger partial charge < -0.3 is 5.32 Å². The molecule has 20 heavy (non-hydrogen) atoms. The lowest BCUT2D eigenvalue weighted by Crippen LogP contribution is -2.07. The molecular weight excluding hydrogens is 287 g/mol. The molecule has 0 aliphatic carbocycles. The monoisotopic (exact) mass is 299 g/mol. The van der Waals surface area contributed by atoms with E-state index in [1.54, 1.807) is 0 Å². The summed E-state index contributed by atoms with van der Waals surface area (Å²) in [6.45, 7) is 2.41. The van der Waals surface area contributed by atoms with E-state index in [9.17, 15) is 13.2 Å². The van der Waals surface area contributed by atoms with Crippen LogP contribution >= 0.6 is 11.6 Å². The molecule has 0 aliphatic heterocycles.